The van der Waals surface area contributed by atoms with Crippen LogP contribution in [0, 0.1) is 0 Å². The smallest absolute Gasteiger partial charge is 0.305 e. The molecule has 0 aliphatic rings. The van der Waals surface area contributed by atoms with Crippen LogP contribution in [0.25, 0.3) is 0 Å². The van der Waals surface area contributed by atoms with Crippen LogP contribution in [0.4, 0.5) is 0 Å². The minimum atomic E-state index is -0.715. The van der Waals surface area contributed by atoms with E-state index in [2.05, 4.69) is 6.92 Å². The molecule has 0 amide bonds. The van der Waals surface area contributed by atoms with E-state index in [1.165, 1.54) is 84.5 Å². The van der Waals surface area contributed by atoms with Crippen LogP contribution < -0.4 is 0 Å². The van der Waals surface area contributed by atoms with Crippen molar-refractivity contribution in [1.82, 2.24) is 0 Å². The summed E-state index contributed by atoms with van der Waals surface area (Å²) in [4.78, 5) is 21.9. The lowest BCUT2D eigenvalue weighted by atomic mass is 10.0. The number of unbranched alkanes of at least 4 members (excludes halogenated alkanes) is 12. The van der Waals surface area contributed by atoms with E-state index in [0.717, 1.165) is 12.8 Å². The second kappa shape index (κ2) is 16.8. The van der Waals surface area contributed by atoms with Gasteiger partial charge in [-0.2, -0.15) is 0 Å². The van der Waals surface area contributed by atoms with Gasteiger partial charge in [-0.05, 0) is 6.42 Å². The van der Waals surface area contributed by atoms with Crippen molar-refractivity contribution < 1.29 is 19.1 Å². The third-order valence-corrected chi connectivity index (χ3v) is 4.14. The Morgan fingerprint density at radius 2 is 0.958 bits per heavy atom. The Labute approximate surface area is 148 Å². The van der Waals surface area contributed by atoms with Crippen LogP contribution >= 0.6 is 0 Å². The summed E-state index contributed by atoms with van der Waals surface area (Å²) >= 11 is 0. The molecule has 24 heavy (non-hydrogen) atoms. The Morgan fingerprint density at radius 3 is 1.29 bits per heavy atom. The predicted molar refractivity (Wildman–Crippen MR) is 97.6 cm³/mol. The maximum absolute atomic E-state index is 11.0. The van der Waals surface area contributed by atoms with E-state index >= 15 is 0 Å². The zero-order chi connectivity index (χ0) is 18.0. The minimum Gasteiger partial charge on any atom is -0.425 e. The lowest BCUT2D eigenvalue weighted by molar-refractivity contribution is -0.185. The Bertz CT molecular complexity index is 299. The first-order valence-corrected chi connectivity index (χ1v) is 9.90. The molecular weight excluding hydrogens is 304 g/mol. The molecule has 0 aromatic carbocycles. The first kappa shape index (κ1) is 22.9. The Balaban J connectivity index is 3.39. The highest BCUT2D eigenvalue weighted by molar-refractivity contribution is 5.68. The summed E-state index contributed by atoms with van der Waals surface area (Å²) in [6.07, 6.45) is 16.7. The molecule has 0 aromatic heterocycles. The summed E-state index contributed by atoms with van der Waals surface area (Å²) in [7, 11) is 0. The molecular formula is C20H38O4. The van der Waals surface area contributed by atoms with E-state index in [-0.39, 0.29) is 0 Å². The highest BCUT2D eigenvalue weighted by Crippen LogP contribution is 2.14. The third kappa shape index (κ3) is 17.3. The second-order valence-corrected chi connectivity index (χ2v) is 6.68. The molecule has 4 nitrogen and oxygen atoms in total. The van der Waals surface area contributed by atoms with Gasteiger partial charge in [0.2, 0.25) is 6.29 Å². The fraction of sp³-hybridized carbons (Fsp3) is 0.900. The molecule has 142 valence electrons. The molecule has 0 bridgehead atoms. The summed E-state index contributed by atoms with van der Waals surface area (Å²) in [6, 6.07) is 0. The molecule has 0 saturated carbocycles. The average Bonchev–Trinajstić information content (AvgIpc) is 2.50. The van der Waals surface area contributed by atoms with Crippen molar-refractivity contribution >= 4 is 11.9 Å². The van der Waals surface area contributed by atoms with Crippen molar-refractivity contribution in [1.29, 1.82) is 0 Å². The van der Waals surface area contributed by atoms with Gasteiger partial charge in [-0.25, -0.2) is 0 Å². The number of hydrogen-bond acceptors (Lipinski definition) is 4. The monoisotopic (exact) mass is 342 g/mol. The average molecular weight is 343 g/mol. The molecule has 0 atom stereocenters. The van der Waals surface area contributed by atoms with E-state index in [1.807, 2.05) is 0 Å². The standard InChI is InChI=1S/C20H38O4/c1-4-5-6-7-8-9-10-11-12-13-14-15-16-17-20(23-18(2)21)24-19(3)22/h20H,4-17H2,1-3H3. The molecule has 0 aliphatic heterocycles. The lowest BCUT2D eigenvalue weighted by Crippen LogP contribution is -2.22. The Kier molecular flexibility index (Phi) is 16.0. The van der Waals surface area contributed by atoms with Crippen LogP contribution in [0.2, 0.25) is 0 Å². The third-order valence-electron chi connectivity index (χ3n) is 4.14. The van der Waals surface area contributed by atoms with Gasteiger partial charge in [0.25, 0.3) is 0 Å². The van der Waals surface area contributed by atoms with Crippen molar-refractivity contribution in [2.75, 3.05) is 0 Å². The van der Waals surface area contributed by atoms with Crippen molar-refractivity contribution in [2.45, 2.75) is 117 Å². The molecule has 0 spiro atoms. The summed E-state index contributed by atoms with van der Waals surface area (Å²) < 4.78 is 9.97. The largest absolute Gasteiger partial charge is 0.425 e. The molecule has 0 heterocycles. The van der Waals surface area contributed by atoms with Crippen molar-refractivity contribution in [3.05, 3.63) is 0 Å². The first-order chi connectivity index (χ1) is 11.6. The fourth-order valence-corrected chi connectivity index (χ4v) is 2.84. The molecule has 0 N–H and O–H groups in total. The number of hydrogen-bond donors (Lipinski definition) is 0. The lowest BCUT2D eigenvalue weighted by Gasteiger charge is -2.16. The molecule has 0 radical (unpaired) electrons. The van der Waals surface area contributed by atoms with E-state index in [1.54, 1.807) is 0 Å². The molecule has 0 aromatic rings. The number of rotatable bonds is 16. The number of carbonyl (C=O) groups excluding carboxylic acids is 2. The van der Waals surface area contributed by atoms with Crippen molar-refractivity contribution in [3.63, 3.8) is 0 Å². The van der Waals surface area contributed by atoms with Crippen LogP contribution in [-0.2, 0) is 19.1 Å². The summed E-state index contributed by atoms with van der Waals surface area (Å²) in [5, 5.41) is 0. The zero-order valence-electron chi connectivity index (χ0n) is 16.1. The minimum absolute atomic E-state index is 0.407. The zero-order valence-corrected chi connectivity index (χ0v) is 16.1. The van der Waals surface area contributed by atoms with Gasteiger partial charge in [0.05, 0.1) is 0 Å². The number of ether oxygens (including phenoxy) is 2. The number of esters is 2. The van der Waals surface area contributed by atoms with E-state index in [0.29, 0.717) is 6.42 Å². The fourth-order valence-electron chi connectivity index (χ4n) is 2.84. The van der Waals surface area contributed by atoms with Gasteiger partial charge in [0, 0.05) is 20.3 Å². The normalized spacial score (nSPS) is 10.8. The van der Waals surface area contributed by atoms with E-state index < -0.39 is 18.2 Å². The molecule has 0 saturated heterocycles. The molecule has 0 rings (SSSR count). The molecule has 0 unspecified atom stereocenters. The van der Waals surface area contributed by atoms with Gasteiger partial charge in [0.15, 0.2) is 0 Å². The second-order valence-electron chi connectivity index (χ2n) is 6.68. The Morgan fingerprint density at radius 1 is 0.625 bits per heavy atom. The maximum atomic E-state index is 11.0. The van der Waals surface area contributed by atoms with Gasteiger partial charge in [0.1, 0.15) is 0 Å². The van der Waals surface area contributed by atoms with Crippen LogP contribution in [0.5, 0.6) is 0 Å². The van der Waals surface area contributed by atoms with Crippen LogP contribution in [0.15, 0.2) is 0 Å². The molecule has 4 heteroatoms. The van der Waals surface area contributed by atoms with E-state index in [9.17, 15) is 9.59 Å². The quantitative estimate of drug-likeness (QED) is 0.198. The van der Waals surface area contributed by atoms with Crippen LogP contribution in [0.3, 0.4) is 0 Å². The first-order valence-electron chi connectivity index (χ1n) is 9.90. The van der Waals surface area contributed by atoms with Crippen molar-refractivity contribution in [2.24, 2.45) is 0 Å². The molecule has 0 aliphatic carbocycles. The highest BCUT2D eigenvalue weighted by Gasteiger charge is 2.14. The van der Waals surface area contributed by atoms with Crippen LogP contribution in [-0.4, -0.2) is 18.2 Å². The van der Waals surface area contributed by atoms with Gasteiger partial charge in [-0.3, -0.25) is 9.59 Å². The predicted octanol–water partition coefficient (Wildman–Crippen LogP) is 5.92. The summed E-state index contributed by atoms with van der Waals surface area (Å²) in [5.41, 5.74) is 0. The summed E-state index contributed by atoms with van der Waals surface area (Å²) in [5.74, 6) is -0.813. The van der Waals surface area contributed by atoms with Crippen LogP contribution in [0.1, 0.15) is 111 Å². The Hall–Kier alpha value is -1.06. The van der Waals surface area contributed by atoms with Gasteiger partial charge in [-0.1, -0.05) is 84.0 Å². The summed E-state index contributed by atoms with van der Waals surface area (Å²) in [6.45, 7) is 4.92. The number of carbonyl (C=O) groups is 2. The van der Waals surface area contributed by atoms with Crippen molar-refractivity contribution in [3.8, 4) is 0 Å². The van der Waals surface area contributed by atoms with Gasteiger partial charge >= 0.3 is 11.9 Å². The highest BCUT2D eigenvalue weighted by atomic mass is 16.7. The van der Waals surface area contributed by atoms with Gasteiger partial charge < -0.3 is 9.47 Å². The molecule has 0 fully saturated rings. The maximum Gasteiger partial charge on any atom is 0.305 e. The van der Waals surface area contributed by atoms with E-state index in [4.69, 9.17) is 9.47 Å². The SMILES string of the molecule is CCCCCCCCCCCCCCCC(OC(C)=O)OC(C)=O. The topological polar surface area (TPSA) is 52.6 Å². The van der Waals surface area contributed by atoms with Gasteiger partial charge in [-0.15, -0.1) is 0 Å².